The zero-order valence-electron chi connectivity index (χ0n) is 24.3. The smallest absolute Gasteiger partial charge is 0.270 e. The van der Waals surface area contributed by atoms with Crippen molar-refractivity contribution in [1.82, 2.24) is 9.88 Å². The Morgan fingerprint density at radius 2 is 1.74 bits per heavy atom. The lowest BCUT2D eigenvalue weighted by molar-refractivity contribution is -0.279. The van der Waals surface area contributed by atoms with Crippen molar-refractivity contribution in [2.45, 2.75) is 63.9 Å². The molecule has 1 atom stereocenters. The summed E-state index contributed by atoms with van der Waals surface area (Å²) in [7, 11) is 0. The fraction of sp³-hybridized carbons (Fsp3) is 0.515. The SMILES string of the molecule is O=C1CCc2ccc(OCCCCN3CCN(c4cccc5ccccc45)CC3)nc2N1COC(O)OC1CCCC1. The Hall–Kier alpha value is -3.24. The van der Waals surface area contributed by atoms with Gasteiger partial charge in [0.2, 0.25) is 11.8 Å². The molecule has 1 aliphatic carbocycles. The van der Waals surface area contributed by atoms with Gasteiger partial charge in [-0.15, -0.1) is 0 Å². The van der Waals surface area contributed by atoms with Crippen LogP contribution in [-0.2, 0) is 20.7 Å². The second kappa shape index (κ2) is 13.8. The van der Waals surface area contributed by atoms with Gasteiger partial charge in [-0.05, 0) is 61.7 Å². The number of carbonyl (C=O) groups excluding carboxylic acids is 1. The first-order chi connectivity index (χ1) is 20.6. The third kappa shape index (κ3) is 7.03. The van der Waals surface area contributed by atoms with Crippen LogP contribution in [0.5, 0.6) is 5.88 Å². The number of rotatable bonds is 12. The molecule has 0 spiro atoms. The highest BCUT2D eigenvalue weighted by molar-refractivity contribution is 5.95. The molecule has 1 aromatic heterocycles. The third-order valence-electron chi connectivity index (χ3n) is 8.65. The number of pyridine rings is 1. The average molecular weight is 575 g/mol. The number of hydrogen-bond acceptors (Lipinski definition) is 8. The maximum Gasteiger partial charge on any atom is 0.270 e. The maximum atomic E-state index is 12.7. The van der Waals surface area contributed by atoms with Gasteiger partial charge >= 0.3 is 0 Å². The normalized spacial score (nSPS) is 18.9. The topological polar surface area (TPSA) is 87.6 Å². The largest absolute Gasteiger partial charge is 0.478 e. The van der Waals surface area contributed by atoms with Gasteiger partial charge in [-0.1, -0.05) is 49.2 Å². The summed E-state index contributed by atoms with van der Waals surface area (Å²) >= 11 is 0. The van der Waals surface area contributed by atoms with E-state index in [9.17, 15) is 9.90 Å². The molecule has 0 bridgehead atoms. The van der Waals surface area contributed by atoms with Gasteiger partial charge in [0.15, 0.2) is 0 Å². The van der Waals surface area contributed by atoms with Crippen molar-refractivity contribution in [3.8, 4) is 5.88 Å². The van der Waals surface area contributed by atoms with Crippen molar-refractivity contribution in [2.75, 3.05) is 55.9 Å². The number of unbranched alkanes of at least 4 members (excludes halogenated alkanes) is 1. The van der Waals surface area contributed by atoms with Gasteiger partial charge in [-0.3, -0.25) is 14.6 Å². The predicted octanol–water partition coefficient (Wildman–Crippen LogP) is 4.70. The van der Waals surface area contributed by atoms with Gasteiger partial charge < -0.3 is 24.2 Å². The van der Waals surface area contributed by atoms with Gasteiger partial charge in [-0.2, -0.15) is 4.98 Å². The lowest BCUT2D eigenvalue weighted by Gasteiger charge is -2.36. The van der Waals surface area contributed by atoms with E-state index in [2.05, 4.69) is 57.2 Å². The summed E-state index contributed by atoms with van der Waals surface area (Å²) in [6.45, 7) is 4.34. The molecule has 6 rings (SSSR count). The molecule has 2 aromatic carbocycles. The number of aromatic nitrogens is 1. The van der Waals surface area contributed by atoms with Crippen molar-refractivity contribution in [1.29, 1.82) is 0 Å². The molecule has 1 saturated carbocycles. The lowest BCUT2D eigenvalue weighted by Crippen LogP contribution is -2.46. The molecule has 1 amide bonds. The van der Waals surface area contributed by atoms with Gasteiger partial charge in [0.05, 0.1) is 12.7 Å². The first-order valence-electron chi connectivity index (χ1n) is 15.5. The second-order valence-electron chi connectivity index (χ2n) is 11.5. The number of aliphatic hydroxyl groups is 1. The van der Waals surface area contributed by atoms with E-state index < -0.39 is 6.48 Å². The van der Waals surface area contributed by atoms with Crippen LogP contribution in [0.2, 0.25) is 0 Å². The third-order valence-corrected chi connectivity index (χ3v) is 8.65. The van der Waals surface area contributed by atoms with Crippen LogP contribution in [0.3, 0.4) is 0 Å². The van der Waals surface area contributed by atoms with Gasteiger partial charge in [0.1, 0.15) is 12.5 Å². The molecule has 224 valence electrons. The highest BCUT2D eigenvalue weighted by Crippen LogP contribution is 2.30. The Morgan fingerprint density at radius 1 is 0.929 bits per heavy atom. The van der Waals surface area contributed by atoms with E-state index >= 15 is 0 Å². The van der Waals surface area contributed by atoms with Crippen molar-refractivity contribution >= 4 is 28.2 Å². The summed E-state index contributed by atoms with van der Waals surface area (Å²) < 4.78 is 17.0. The summed E-state index contributed by atoms with van der Waals surface area (Å²) in [6.07, 6.45) is 7.07. The molecule has 1 unspecified atom stereocenters. The number of hydrogen-bond donors (Lipinski definition) is 1. The maximum absolute atomic E-state index is 12.7. The van der Waals surface area contributed by atoms with E-state index in [1.54, 1.807) is 0 Å². The number of aliphatic hydroxyl groups excluding tert-OH is 1. The molecule has 42 heavy (non-hydrogen) atoms. The molecule has 1 N–H and O–H groups in total. The van der Waals surface area contributed by atoms with Gasteiger partial charge in [0, 0.05) is 49.7 Å². The number of ether oxygens (including phenoxy) is 3. The molecule has 3 heterocycles. The van der Waals surface area contributed by atoms with Crippen LogP contribution >= 0.6 is 0 Å². The summed E-state index contributed by atoms with van der Waals surface area (Å²) in [5, 5.41) is 12.8. The molecule has 3 aliphatic rings. The van der Waals surface area contributed by atoms with Crippen molar-refractivity contribution < 1.29 is 24.1 Å². The molecule has 9 nitrogen and oxygen atoms in total. The van der Waals surface area contributed by atoms with Crippen LogP contribution in [0.15, 0.2) is 54.6 Å². The predicted molar refractivity (Wildman–Crippen MR) is 163 cm³/mol. The molecule has 3 aromatic rings. The molecular formula is C33H42N4O5. The van der Waals surface area contributed by atoms with E-state index in [0.717, 1.165) is 76.8 Å². The Labute approximate surface area is 248 Å². The number of nitrogens with zero attached hydrogens (tertiary/aromatic N) is 4. The molecular weight excluding hydrogens is 532 g/mol. The van der Waals surface area contributed by atoms with Gasteiger partial charge in [-0.25, -0.2) is 0 Å². The molecule has 9 heteroatoms. The Balaban J connectivity index is 0.934. The van der Waals surface area contributed by atoms with Crippen molar-refractivity contribution in [3.05, 3.63) is 60.2 Å². The van der Waals surface area contributed by atoms with E-state index in [1.165, 1.54) is 21.4 Å². The highest BCUT2D eigenvalue weighted by Gasteiger charge is 2.28. The number of carbonyl (C=O) groups is 1. The zero-order valence-corrected chi connectivity index (χ0v) is 24.3. The van der Waals surface area contributed by atoms with Crippen LogP contribution in [0, 0.1) is 0 Å². The summed E-state index contributed by atoms with van der Waals surface area (Å²) in [5.41, 5.74) is 2.30. The Bertz CT molecular complexity index is 1330. The zero-order chi connectivity index (χ0) is 28.7. The summed E-state index contributed by atoms with van der Waals surface area (Å²) in [4.78, 5) is 23.8. The minimum absolute atomic E-state index is 0.0158. The number of amides is 1. The molecule has 2 fully saturated rings. The van der Waals surface area contributed by atoms with Crippen LogP contribution < -0.4 is 14.5 Å². The van der Waals surface area contributed by atoms with E-state index in [1.807, 2.05) is 12.1 Å². The minimum Gasteiger partial charge on any atom is -0.478 e. The Kier molecular flexibility index (Phi) is 9.50. The molecule has 2 aliphatic heterocycles. The quantitative estimate of drug-likeness (QED) is 0.246. The van der Waals surface area contributed by atoms with Gasteiger partial charge in [0.25, 0.3) is 6.48 Å². The number of fused-ring (bicyclic) bond motifs is 2. The van der Waals surface area contributed by atoms with E-state index in [-0.39, 0.29) is 18.7 Å². The van der Waals surface area contributed by atoms with Crippen LogP contribution in [-0.4, -0.2) is 79.5 Å². The Morgan fingerprint density at radius 3 is 2.60 bits per heavy atom. The van der Waals surface area contributed by atoms with Crippen molar-refractivity contribution in [3.63, 3.8) is 0 Å². The average Bonchev–Trinajstić information content (AvgIpc) is 3.53. The first-order valence-corrected chi connectivity index (χ1v) is 15.5. The van der Waals surface area contributed by atoms with Crippen LogP contribution in [0.1, 0.15) is 50.5 Å². The fourth-order valence-electron chi connectivity index (χ4n) is 6.27. The number of anilines is 2. The fourth-order valence-corrected chi connectivity index (χ4v) is 6.27. The molecule has 1 saturated heterocycles. The van der Waals surface area contributed by atoms with E-state index in [4.69, 9.17) is 14.2 Å². The van der Waals surface area contributed by atoms with Crippen molar-refractivity contribution in [2.24, 2.45) is 0 Å². The number of piperazine rings is 1. The second-order valence-corrected chi connectivity index (χ2v) is 11.5. The number of aryl methyl sites for hydroxylation is 1. The highest BCUT2D eigenvalue weighted by atomic mass is 16.8. The van der Waals surface area contributed by atoms with E-state index in [0.29, 0.717) is 31.1 Å². The standard InChI is InChI=1S/C33H42N4O5/c38-31-17-15-26-14-16-30(34-32(26)37(31)24-41-33(39)42-27-10-2-3-11-27)40-23-6-5-18-35-19-21-36(22-20-35)29-13-7-9-25-8-1-4-12-28(25)29/h1,4,7-9,12-14,16,27,33,39H,2-3,5-6,10-11,15,17-24H2. The lowest BCUT2D eigenvalue weighted by atomic mass is 10.1. The van der Waals surface area contributed by atoms with Crippen LogP contribution in [0.4, 0.5) is 11.5 Å². The first kappa shape index (κ1) is 28.9. The summed E-state index contributed by atoms with van der Waals surface area (Å²) in [6, 6.07) is 19.0. The number of benzene rings is 2. The summed E-state index contributed by atoms with van der Waals surface area (Å²) in [5.74, 6) is 0.960. The van der Waals surface area contributed by atoms with Crippen LogP contribution in [0.25, 0.3) is 10.8 Å². The minimum atomic E-state index is -1.35. The molecule has 0 radical (unpaired) electrons. The monoisotopic (exact) mass is 574 g/mol.